The van der Waals surface area contributed by atoms with Crippen molar-refractivity contribution in [3.63, 3.8) is 0 Å². The summed E-state index contributed by atoms with van der Waals surface area (Å²) in [6, 6.07) is 8.48. The van der Waals surface area contributed by atoms with Gasteiger partial charge in [-0.1, -0.05) is 25.5 Å². The number of imidazole rings is 1. The molecule has 3 fully saturated rings. The number of unbranched alkanes of at least 4 members (excludes halogenated alkanes) is 1. The molecule has 5 rings (SSSR count). The van der Waals surface area contributed by atoms with E-state index in [1.165, 1.54) is 24.2 Å². The highest BCUT2D eigenvalue weighted by Gasteiger charge is 2.62. The molecule has 0 unspecified atom stereocenters. The average molecular weight is 397 g/mol. The van der Waals surface area contributed by atoms with Crippen molar-refractivity contribution in [3.05, 3.63) is 30.1 Å². The van der Waals surface area contributed by atoms with Crippen molar-refractivity contribution in [2.75, 3.05) is 19.6 Å². The van der Waals surface area contributed by atoms with E-state index in [1.54, 1.807) is 6.92 Å². The number of fused-ring (bicyclic) bond motifs is 2. The van der Waals surface area contributed by atoms with Crippen LogP contribution in [0.2, 0.25) is 0 Å². The lowest BCUT2D eigenvalue weighted by molar-refractivity contribution is -0.119. The molecule has 0 saturated carbocycles. The van der Waals surface area contributed by atoms with E-state index in [4.69, 9.17) is 9.72 Å². The molecule has 1 N–H and O–H groups in total. The van der Waals surface area contributed by atoms with E-state index in [2.05, 4.69) is 46.0 Å². The molecule has 3 saturated heterocycles. The summed E-state index contributed by atoms with van der Waals surface area (Å²) >= 11 is 0. The van der Waals surface area contributed by atoms with E-state index in [0.29, 0.717) is 17.9 Å². The highest BCUT2D eigenvalue weighted by Crippen LogP contribution is 2.54. The molecule has 4 heterocycles. The number of aromatic nitrogens is 2. The molecule has 156 valence electrons. The largest absolute Gasteiger partial charge is 0.370 e. The molecule has 2 aromatic rings. The van der Waals surface area contributed by atoms with Crippen LogP contribution in [0, 0.1) is 11.8 Å². The summed E-state index contributed by atoms with van der Waals surface area (Å²) in [7, 11) is 0. The van der Waals surface area contributed by atoms with Crippen LogP contribution < -0.4 is 5.32 Å². The van der Waals surface area contributed by atoms with Gasteiger partial charge in [-0.25, -0.2) is 4.98 Å². The second kappa shape index (κ2) is 7.40. The molecule has 1 spiro atoms. The maximum absolute atomic E-state index is 11.4. The van der Waals surface area contributed by atoms with Crippen molar-refractivity contribution in [2.24, 2.45) is 11.8 Å². The lowest BCUT2D eigenvalue weighted by atomic mass is 9.73. The monoisotopic (exact) mass is 396 g/mol. The first-order valence-electron chi connectivity index (χ1n) is 11.2. The number of likely N-dealkylation sites (tertiary alicyclic amines) is 1. The van der Waals surface area contributed by atoms with Gasteiger partial charge in [0.2, 0.25) is 5.91 Å². The molecule has 0 radical (unpaired) electrons. The van der Waals surface area contributed by atoms with Gasteiger partial charge in [-0.05, 0) is 31.4 Å². The number of para-hydroxylation sites is 2. The quantitative estimate of drug-likeness (QED) is 0.782. The van der Waals surface area contributed by atoms with Crippen molar-refractivity contribution in [3.8, 4) is 0 Å². The summed E-state index contributed by atoms with van der Waals surface area (Å²) in [4.78, 5) is 19.0. The van der Waals surface area contributed by atoms with Crippen LogP contribution in [-0.4, -0.2) is 51.7 Å². The first-order chi connectivity index (χ1) is 14.1. The Morgan fingerprint density at radius 1 is 1.38 bits per heavy atom. The fourth-order valence-corrected chi connectivity index (χ4v) is 5.95. The van der Waals surface area contributed by atoms with Crippen LogP contribution >= 0.6 is 0 Å². The molecule has 1 aromatic heterocycles. The molecule has 2 bridgehead atoms. The Bertz CT molecular complexity index is 909. The van der Waals surface area contributed by atoms with Gasteiger partial charge < -0.3 is 14.6 Å². The standard InChI is InChI=1S/C23H32N4O2/c1-3-4-11-27-20-8-6-5-7-19(20)25-22(27)14-26-13-18-17(12-24-16(2)28)21-9-10-23(18,15-26)29-21/h5-8,17-18,21H,3-4,9-15H2,1-2H3,(H,24,28)/t17-,18+,21+,23+/m0/s1. The minimum atomic E-state index is -0.00589. The number of ether oxygens (including phenoxy) is 1. The number of amides is 1. The topological polar surface area (TPSA) is 59.4 Å². The number of nitrogens with zero attached hydrogens (tertiary/aromatic N) is 3. The number of aryl methyl sites for hydroxylation is 1. The smallest absolute Gasteiger partial charge is 0.216 e. The molecule has 6 nitrogen and oxygen atoms in total. The van der Waals surface area contributed by atoms with E-state index in [0.717, 1.165) is 51.1 Å². The third-order valence-corrected chi connectivity index (χ3v) is 7.27. The molecule has 0 aliphatic carbocycles. The van der Waals surface area contributed by atoms with Gasteiger partial charge in [-0.2, -0.15) is 0 Å². The van der Waals surface area contributed by atoms with Crippen molar-refractivity contribution in [1.82, 2.24) is 19.8 Å². The number of carbonyl (C=O) groups is 1. The first kappa shape index (κ1) is 19.1. The van der Waals surface area contributed by atoms with Gasteiger partial charge in [0, 0.05) is 44.9 Å². The number of benzene rings is 1. The van der Waals surface area contributed by atoms with Gasteiger partial charge in [0.15, 0.2) is 0 Å². The third-order valence-electron chi connectivity index (χ3n) is 7.27. The normalized spacial score (nSPS) is 30.9. The van der Waals surface area contributed by atoms with Crippen LogP contribution in [0.5, 0.6) is 0 Å². The molecule has 6 heteroatoms. The maximum Gasteiger partial charge on any atom is 0.216 e. The lowest BCUT2D eigenvalue weighted by Gasteiger charge is -2.29. The van der Waals surface area contributed by atoms with Crippen LogP contribution in [-0.2, 0) is 22.6 Å². The summed E-state index contributed by atoms with van der Waals surface area (Å²) in [5.41, 5.74) is 2.33. The van der Waals surface area contributed by atoms with Crippen molar-refractivity contribution >= 4 is 16.9 Å². The molecular weight excluding hydrogens is 364 g/mol. The SMILES string of the molecule is CCCCn1c(CN2C[C@@H]3[C@H](CNC(C)=O)[C@H]4CC[C@]3(C2)O4)nc2ccccc21. The summed E-state index contributed by atoms with van der Waals surface area (Å²) in [5.74, 6) is 2.18. The zero-order valence-electron chi connectivity index (χ0n) is 17.6. The zero-order chi connectivity index (χ0) is 20.0. The molecule has 4 atom stereocenters. The van der Waals surface area contributed by atoms with Crippen LogP contribution in [0.4, 0.5) is 0 Å². The average Bonchev–Trinajstić information content (AvgIpc) is 3.42. The second-order valence-corrected chi connectivity index (χ2v) is 9.16. The predicted molar refractivity (Wildman–Crippen MR) is 112 cm³/mol. The number of hydrogen-bond acceptors (Lipinski definition) is 4. The van der Waals surface area contributed by atoms with Crippen molar-refractivity contribution in [1.29, 1.82) is 0 Å². The van der Waals surface area contributed by atoms with Gasteiger partial charge in [-0.3, -0.25) is 9.69 Å². The highest BCUT2D eigenvalue weighted by atomic mass is 16.5. The number of carbonyl (C=O) groups excluding carboxylic acids is 1. The maximum atomic E-state index is 11.4. The number of nitrogens with one attached hydrogen (secondary N) is 1. The summed E-state index contributed by atoms with van der Waals surface area (Å²) in [6.07, 6.45) is 4.96. The predicted octanol–water partition coefficient (Wildman–Crippen LogP) is 2.95. The molecule has 1 aromatic carbocycles. The van der Waals surface area contributed by atoms with Gasteiger partial charge in [0.1, 0.15) is 5.82 Å². The van der Waals surface area contributed by atoms with E-state index < -0.39 is 0 Å². The Labute approximate surface area is 172 Å². The Morgan fingerprint density at radius 3 is 3.07 bits per heavy atom. The Hall–Kier alpha value is -1.92. The molecule has 1 amide bonds. The third kappa shape index (κ3) is 3.26. The van der Waals surface area contributed by atoms with E-state index in [-0.39, 0.29) is 11.5 Å². The molecule has 3 aliphatic rings. The first-order valence-corrected chi connectivity index (χ1v) is 11.2. The summed E-state index contributed by atoms with van der Waals surface area (Å²) in [6.45, 7) is 8.51. The minimum absolute atomic E-state index is 0.00589. The Kier molecular flexibility index (Phi) is 4.87. The lowest BCUT2D eigenvalue weighted by Crippen LogP contribution is -2.41. The fourth-order valence-electron chi connectivity index (χ4n) is 5.95. The highest BCUT2D eigenvalue weighted by molar-refractivity contribution is 5.75. The van der Waals surface area contributed by atoms with Crippen LogP contribution in [0.25, 0.3) is 11.0 Å². The zero-order valence-corrected chi connectivity index (χ0v) is 17.6. The second-order valence-electron chi connectivity index (χ2n) is 9.16. The van der Waals surface area contributed by atoms with Crippen molar-refractivity contribution < 1.29 is 9.53 Å². The van der Waals surface area contributed by atoms with Gasteiger partial charge in [-0.15, -0.1) is 0 Å². The summed E-state index contributed by atoms with van der Waals surface area (Å²) in [5, 5.41) is 3.04. The van der Waals surface area contributed by atoms with E-state index in [9.17, 15) is 4.79 Å². The minimum Gasteiger partial charge on any atom is -0.370 e. The number of rotatable bonds is 7. The molecular formula is C23H32N4O2. The van der Waals surface area contributed by atoms with Crippen molar-refractivity contribution in [2.45, 2.75) is 64.3 Å². The molecule has 29 heavy (non-hydrogen) atoms. The van der Waals surface area contributed by atoms with Gasteiger partial charge in [0.25, 0.3) is 0 Å². The summed E-state index contributed by atoms with van der Waals surface area (Å²) < 4.78 is 8.94. The van der Waals surface area contributed by atoms with Crippen LogP contribution in [0.15, 0.2) is 24.3 Å². The number of hydrogen-bond donors (Lipinski definition) is 1. The fraction of sp³-hybridized carbons (Fsp3) is 0.652. The van der Waals surface area contributed by atoms with Gasteiger partial charge in [0.05, 0.1) is 29.3 Å². The van der Waals surface area contributed by atoms with Crippen LogP contribution in [0.1, 0.15) is 45.4 Å². The van der Waals surface area contributed by atoms with Crippen LogP contribution in [0.3, 0.4) is 0 Å². The Balaban J connectivity index is 1.35. The van der Waals surface area contributed by atoms with E-state index in [1.807, 2.05) is 0 Å². The molecule has 3 aliphatic heterocycles. The Morgan fingerprint density at radius 2 is 2.24 bits per heavy atom. The van der Waals surface area contributed by atoms with Gasteiger partial charge >= 0.3 is 0 Å². The van der Waals surface area contributed by atoms with E-state index >= 15 is 0 Å².